The first kappa shape index (κ1) is 28.3. The second kappa shape index (κ2) is 12.2. The van der Waals surface area contributed by atoms with Gasteiger partial charge in [-0.1, -0.05) is 80.1 Å². The summed E-state index contributed by atoms with van der Waals surface area (Å²) in [4.78, 5) is 27.2. The standard InChI is InChI=1S/C34H36N6O3/c1-4-10-30-29(21-23-16-18-24(19-17-23)25-11-6-8-13-27(25)32-35-37-38-36-32)33(41)40-31(20-15-22(3)39(30)40)26-12-7-9-14-28(26)34(42)43-5-2/h6-9,11-14,16-19,22,31H,4-5,10,15,20-21H2,1-3H3,(H,35,36,37,38). The maximum Gasteiger partial charge on any atom is 0.338 e. The smallest absolute Gasteiger partial charge is 0.338 e. The lowest BCUT2D eigenvalue weighted by Gasteiger charge is -2.33. The van der Waals surface area contributed by atoms with Gasteiger partial charge in [-0.2, -0.15) is 5.21 Å². The number of benzene rings is 3. The molecule has 0 bridgehead atoms. The Kier molecular flexibility index (Phi) is 8.05. The number of esters is 1. The molecule has 0 saturated heterocycles. The lowest BCUT2D eigenvalue weighted by atomic mass is 9.94. The number of carbonyl (C=O) groups is 1. The average molecular weight is 577 g/mol. The molecular formula is C34H36N6O3. The van der Waals surface area contributed by atoms with Crippen LogP contribution in [0.25, 0.3) is 22.5 Å². The number of carbonyl (C=O) groups excluding carboxylic acids is 1. The second-order valence-corrected chi connectivity index (χ2v) is 11.1. The monoisotopic (exact) mass is 576 g/mol. The quantitative estimate of drug-likeness (QED) is 0.211. The number of nitrogens with zero attached hydrogens (tertiary/aromatic N) is 5. The van der Waals surface area contributed by atoms with E-state index in [1.54, 1.807) is 13.0 Å². The second-order valence-electron chi connectivity index (χ2n) is 11.1. The molecule has 1 aliphatic heterocycles. The Morgan fingerprint density at radius 3 is 2.42 bits per heavy atom. The number of hydrogen-bond acceptors (Lipinski definition) is 6. The fourth-order valence-electron chi connectivity index (χ4n) is 6.40. The molecular weight excluding hydrogens is 540 g/mol. The molecule has 0 amide bonds. The summed E-state index contributed by atoms with van der Waals surface area (Å²) in [6, 6.07) is 23.8. The summed E-state index contributed by atoms with van der Waals surface area (Å²) in [5, 5.41) is 14.6. The van der Waals surface area contributed by atoms with Gasteiger partial charge in [0, 0.05) is 29.3 Å². The van der Waals surface area contributed by atoms with Gasteiger partial charge in [-0.15, -0.1) is 10.2 Å². The minimum Gasteiger partial charge on any atom is -0.462 e. The number of aromatic amines is 1. The molecule has 43 heavy (non-hydrogen) atoms. The van der Waals surface area contributed by atoms with Gasteiger partial charge in [0.1, 0.15) is 0 Å². The van der Waals surface area contributed by atoms with E-state index in [4.69, 9.17) is 4.74 Å². The number of nitrogens with one attached hydrogen (secondary N) is 1. The Balaban J connectivity index is 1.38. The van der Waals surface area contributed by atoms with Gasteiger partial charge >= 0.3 is 5.97 Å². The molecule has 0 aliphatic carbocycles. The Labute approximate surface area is 250 Å². The zero-order valence-electron chi connectivity index (χ0n) is 24.8. The maximum atomic E-state index is 14.3. The molecule has 1 aliphatic rings. The highest BCUT2D eigenvalue weighted by molar-refractivity contribution is 5.91. The first-order valence-corrected chi connectivity index (χ1v) is 15.0. The van der Waals surface area contributed by atoms with E-state index in [0.717, 1.165) is 64.8 Å². The van der Waals surface area contributed by atoms with Crippen LogP contribution in [0.1, 0.15) is 84.9 Å². The maximum absolute atomic E-state index is 14.3. The van der Waals surface area contributed by atoms with Gasteiger partial charge in [-0.05, 0) is 66.6 Å². The first-order valence-electron chi connectivity index (χ1n) is 15.0. The van der Waals surface area contributed by atoms with E-state index >= 15 is 0 Å². The molecule has 9 nitrogen and oxygen atoms in total. The SMILES string of the molecule is CCCc1c(Cc2ccc(-c3ccccc3-c3nn[nH]n3)cc2)c(=O)n2n1C(C)CCC2c1ccccc1C(=O)OCC. The van der Waals surface area contributed by atoms with Crippen molar-refractivity contribution in [2.45, 2.75) is 65.0 Å². The molecule has 0 spiro atoms. The van der Waals surface area contributed by atoms with Gasteiger partial charge in [0.2, 0.25) is 5.82 Å². The Hall–Kier alpha value is -4.79. The highest BCUT2D eigenvalue weighted by Crippen LogP contribution is 2.36. The first-order chi connectivity index (χ1) is 21.0. The number of ether oxygens (including phenoxy) is 1. The number of fused-ring (bicyclic) bond motifs is 1. The Morgan fingerprint density at radius 2 is 1.70 bits per heavy atom. The summed E-state index contributed by atoms with van der Waals surface area (Å²) in [7, 11) is 0. The van der Waals surface area contributed by atoms with Gasteiger partial charge < -0.3 is 4.74 Å². The van der Waals surface area contributed by atoms with Crippen LogP contribution in [-0.4, -0.2) is 42.6 Å². The molecule has 3 aromatic carbocycles. The molecule has 0 saturated carbocycles. The molecule has 1 N–H and O–H groups in total. The third-order valence-electron chi connectivity index (χ3n) is 8.35. The van der Waals surface area contributed by atoms with Gasteiger partial charge in [-0.25, -0.2) is 9.48 Å². The molecule has 220 valence electrons. The van der Waals surface area contributed by atoms with Crippen LogP contribution in [0.15, 0.2) is 77.6 Å². The highest BCUT2D eigenvalue weighted by Gasteiger charge is 2.33. The molecule has 5 aromatic rings. The topological polar surface area (TPSA) is 108 Å². The summed E-state index contributed by atoms with van der Waals surface area (Å²) >= 11 is 0. The van der Waals surface area contributed by atoms with Crippen LogP contribution in [0.2, 0.25) is 0 Å². The summed E-state index contributed by atoms with van der Waals surface area (Å²) in [6.07, 6.45) is 3.97. The number of hydrogen-bond donors (Lipinski definition) is 1. The third-order valence-corrected chi connectivity index (χ3v) is 8.35. The molecule has 0 fully saturated rings. The lowest BCUT2D eigenvalue weighted by Crippen LogP contribution is -2.35. The van der Waals surface area contributed by atoms with Crippen LogP contribution in [0, 0.1) is 0 Å². The van der Waals surface area contributed by atoms with Crippen molar-refractivity contribution in [3.05, 3.63) is 111 Å². The zero-order chi connectivity index (χ0) is 29.9. The fourth-order valence-corrected chi connectivity index (χ4v) is 6.40. The minimum atomic E-state index is -0.349. The third kappa shape index (κ3) is 5.31. The summed E-state index contributed by atoms with van der Waals surface area (Å²) in [5.74, 6) is 0.197. The zero-order valence-corrected chi connectivity index (χ0v) is 24.8. The fraction of sp³-hybridized carbons (Fsp3) is 0.324. The van der Waals surface area contributed by atoms with Crippen LogP contribution in [0.4, 0.5) is 0 Å². The molecule has 2 aromatic heterocycles. The van der Waals surface area contributed by atoms with Crippen LogP contribution in [0.5, 0.6) is 0 Å². The normalized spacial score (nSPS) is 16.2. The van der Waals surface area contributed by atoms with Crippen LogP contribution < -0.4 is 5.56 Å². The number of rotatable bonds is 9. The predicted octanol–water partition coefficient (Wildman–Crippen LogP) is 6.16. The summed E-state index contributed by atoms with van der Waals surface area (Å²) in [5.41, 5.74) is 7.31. The van der Waals surface area contributed by atoms with Crippen LogP contribution in [-0.2, 0) is 17.6 Å². The number of aromatic nitrogens is 6. The van der Waals surface area contributed by atoms with E-state index in [2.05, 4.69) is 63.4 Å². The van der Waals surface area contributed by atoms with Gasteiger partial charge in [0.15, 0.2) is 0 Å². The van der Waals surface area contributed by atoms with E-state index in [9.17, 15) is 9.59 Å². The van der Waals surface area contributed by atoms with Crippen molar-refractivity contribution < 1.29 is 9.53 Å². The van der Waals surface area contributed by atoms with Gasteiger partial charge in [0.05, 0.1) is 18.2 Å². The van der Waals surface area contributed by atoms with Crippen molar-refractivity contribution in [3.63, 3.8) is 0 Å². The summed E-state index contributed by atoms with van der Waals surface area (Å²) in [6.45, 7) is 6.44. The molecule has 2 unspecified atom stereocenters. The Morgan fingerprint density at radius 1 is 0.953 bits per heavy atom. The van der Waals surface area contributed by atoms with Crippen LogP contribution in [0.3, 0.4) is 0 Å². The van der Waals surface area contributed by atoms with E-state index in [1.807, 2.05) is 47.1 Å². The van der Waals surface area contributed by atoms with E-state index in [0.29, 0.717) is 24.4 Å². The number of H-pyrrole nitrogens is 1. The largest absolute Gasteiger partial charge is 0.462 e. The molecule has 3 heterocycles. The lowest BCUT2D eigenvalue weighted by molar-refractivity contribution is 0.0523. The van der Waals surface area contributed by atoms with Crippen molar-refractivity contribution in [1.29, 1.82) is 0 Å². The van der Waals surface area contributed by atoms with E-state index < -0.39 is 0 Å². The van der Waals surface area contributed by atoms with Crippen molar-refractivity contribution in [1.82, 2.24) is 30.0 Å². The molecule has 9 heteroatoms. The highest BCUT2D eigenvalue weighted by atomic mass is 16.5. The molecule has 0 radical (unpaired) electrons. The van der Waals surface area contributed by atoms with E-state index in [-0.39, 0.29) is 23.6 Å². The van der Waals surface area contributed by atoms with Gasteiger partial charge in [-0.3, -0.25) is 9.48 Å². The predicted molar refractivity (Wildman–Crippen MR) is 165 cm³/mol. The van der Waals surface area contributed by atoms with Gasteiger partial charge in [0.25, 0.3) is 5.56 Å². The number of tetrazole rings is 1. The average Bonchev–Trinajstić information content (AvgIpc) is 3.66. The van der Waals surface area contributed by atoms with E-state index in [1.165, 1.54) is 0 Å². The van der Waals surface area contributed by atoms with Crippen molar-refractivity contribution >= 4 is 5.97 Å². The van der Waals surface area contributed by atoms with Crippen molar-refractivity contribution in [2.75, 3.05) is 6.61 Å². The summed E-state index contributed by atoms with van der Waals surface area (Å²) < 4.78 is 9.50. The Bertz CT molecular complexity index is 1790. The molecule has 6 rings (SSSR count). The molecule has 2 atom stereocenters. The van der Waals surface area contributed by atoms with Crippen molar-refractivity contribution in [3.8, 4) is 22.5 Å². The van der Waals surface area contributed by atoms with Crippen LogP contribution >= 0.6 is 0 Å². The van der Waals surface area contributed by atoms with Crippen molar-refractivity contribution in [2.24, 2.45) is 0 Å². The minimum absolute atomic E-state index is 0.0187.